The molecular weight excluding hydrogens is 418 g/mol. The van der Waals surface area contributed by atoms with Gasteiger partial charge >= 0.3 is 0 Å². The molecule has 3 aromatic rings. The summed E-state index contributed by atoms with van der Waals surface area (Å²) in [6, 6.07) is 17.1. The molecule has 2 heterocycles. The first-order valence-corrected chi connectivity index (χ1v) is 12.3. The molecule has 5 nitrogen and oxygen atoms in total. The van der Waals surface area contributed by atoms with Crippen LogP contribution in [0, 0.1) is 0 Å². The van der Waals surface area contributed by atoms with Gasteiger partial charge in [0, 0.05) is 42.7 Å². The first-order valence-electron chi connectivity index (χ1n) is 11.4. The van der Waals surface area contributed by atoms with Gasteiger partial charge in [-0.05, 0) is 38.3 Å². The van der Waals surface area contributed by atoms with Gasteiger partial charge in [0.05, 0.1) is 25.6 Å². The summed E-state index contributed by atoms with van der Waals surface area (Å²) in [4.78, 5) is 8.63. The molecule has 6 heteroatoms. The van der Waals surface area contributed by atoms with E-state index in [9.17, 15) is 0 Å². The van der Waals surface area contributed by atoms with E-state index in [0.29, 0.717) is 6.04 Å². The third kappa shape index (κ3) is 5.43. The second kappa shape index (κ2) is 10.8. The average molecular weight is 452 g/mol. The summed E-state index contributed by atoms with van der Waals surface area (Å²) in [5.74, 6) is 1.49. The second-order valence-corrected chi connectivity index (χ2v) is 9.17. The number of piperidine rings is 1. The summed E-state index contributed by atoms with van der Waals surface area (Å²) < 4.78 is 13.2. The van der Waals surface area contributed by atoms with Gasteiger partial charge in [-0.1, -0.05) is 36.8 Å². The average Bonchev–Trinajstić information content (AvgIpc) is 3.22. The Balaban J connectivity index is 1.65. The zero-order valence-electron chi connectivity index (χ0n) is 19.3. The third-order valence-electron chi connectivity index (χ3n) is 6.20. The predicted molar refractivity (Wildman–Crippen MR) is 132 cm³/mol. The third-order valence-corrected chi connectivity index (χ3v) is 7.06. The molecule has 0 bridgehead atoms. The van der Waals surface area contributed by atoms with E-state index in [4.69, 9.17) is 14.5 Å². The fourth-order valence-corrected chi connectivity index (χ4v) is 5.32. The van der Waals surface area contributed by atoms with Crippen molar-refractivity contribution in [1.29, 1.82) is 0 Å². The molecule has 1 aliphatic rings. The Bertz CT molecular complexity index is 1050. The molecule has 0 spiro atoms. The van der Waals surface area contributed by atoms with Crippen molar-refractivity contribution >= 4 is 17.0 Å². The van der Waals surface area contributed by atoms with Crippen molar-refractivity contribution in [3.05, 3.63) is 58.7 Å². The Labute approximate surface area is 195 Å². The largest absolute Gasteiger partial charge is 0.497 e. The summed E-state index contributed by atoms with van der Waals surface area (Å²) in [7, 11) is 3.33. The molecule has 1 unspecified atom stereocenters. The molecule has 1 aromatic heterocycles. The predicted octanol–water partition coefficient (Wildman–Crippen LogP) is 5.73. The summed E-state index contributed by atoms with van der Waals surface area (Å²) in [5, 5.41) is 2.22. The zero-order chi connectivity index (χ0) is 22.3. The Morgan fingerprint density at radius 1 is 1.00 bits per heavy atom. The van der Waals surface area contributed by atoms with E-state index in [2.05, 4.69) is 52.1 Å². The molecule has 4 rings (SSSR count). The molecule has 0 saturated carbocycles. The van der Waals surface area contributed by atoms with Crippen LogP contribution in [0.3, 0.4) is 0 Å². The molecule has 0 N–H and O–H groups in total. The van der Waals surface area contributed by atoms with Gasteiger partial charge in [0.25, 0.3) is 0 Å². The Morgan fingerprint density at radius 3 is 2.44 bits per heavy atom. The number of benzene rings is 2. The molecule has 1 aliphatic heterocycles. The highest BCUT2D eigenvalue weighted by atomic mass is 32.1. The standard InChI is InChI=1S/C26H33N3O2S/c1-20-10-7-8-13-28(20)14-9-15-29-25(21-11-5-4-6-12-21)19-32-26(29)27-22-16-23(30-2)18-24(17-22)31-3/h4-6,11-12,16-20H,7-10,13-15H2,1-3H3. The van der Waals surface area contributed by atoms with Crippen LogP contribution < -0.4 is 14.3 Å². The molecule has 0 radical (unpaired) electrons. The summed E-state index contributed by atoms with van der Waals surface area (Å²) in [5.41, 5.74) is 3.27. The molecule has 0 amide bonds. The van der Waals surface area contributed by atoms with Crippen molar-refractivity contribution in [3.63, 3.8) is 0 Å². The highest BCUT2D eigenvalue weighted by molar-refractivity contribution is 7.07. The highest BCUT2D eigenvalue weighted by Crippen LogP contribution is 2.28. The van der Waals surface area contributed by atoms with Crippen LogP contribution >= 0.6 is 11.3 Å². The van der Waals surface area contributed by atoms with Crippen molar-refractivity contribution in [1.82, 2.24) is 9.47 Å². The van der Waals surface area contributed by atoms with Crippen LogP contribution in [0.4, 0.5) is 5.69 Å². The normalized spacial score (nSPS) is 17.5. The maximum Gasteiger partial charge on any atom is 0.190 e. The Morgan fingerprint density at radius 2 is 1.75 bits per heavy atom. The van der Waals surface area contributed by atoms with Gasteiger partial charge in [0.1, 0.15) is 11.5 Å². The second-order valence-electron chi connectivity index (χ2n) is 8.34. The van der Waals surface area contributed by atoms with Crippen LogP contribution in [0.1, 0.15) is 32.6 Å². The number of rotatable bonds is 8. The monoisotopic (exact) mass is 451 g/mol. The molecule has 2 aromatic carbocycles. The maximum absolute atomic E-state index is 5.43. The minimum atomic E-state index is 0.693. The molecule has 170 valence electrons. The van der Waals surface area contributed by atoms with Crippen molar-refractivity contribution in [3.8, 4) is 22.8 Å². The fraction of sp³-hybridized carbons (Fsp3) is 0.423. The van der Waals surface area contributed by atoms with Crippen LogP contribution in [0.2, 0.25) is 0 Å². The number of likely N-dealkylation sites (tertiary alicyclic amines) is 1. The molecule has 32 heavy (non-hydrogen) atoms. The quantitative estimate of drug-likeness (QED) is 0.439. The zero-order valence-corrected chi connectivity index (χ0v) is 20.1. The first-order chi connectivity index (χ1) is 15.7. The van der Waals surface area contributed by atoms with Crippen LogP contribution in [-0.2, 0) is 6.54 Å². The van der Waals surface area contributed by atoms with Gasteiger partial charge in [0.2, 0.25) is 0 Å². The molecular formula is C26H33N3O2S. The molecule has 1 fully saturated rings. The van der Waals surface area contributed by atoms with E-state index in [1.54, 1.807) is 25.6 Å². The molecule has 1 saturated heterocycles. The molecule has 0 aliphatic carbocycles. The lowest BCUT2D eigenvalue weighted by Crippen LogP contribution is -2.38. The number of aromatic nitrogens is 1. The van der Waals surface area contributed by atoms with Crippen LogP contribution in [0.15, 0.2) is 58.9 Å². The van der Waals surface area contributed by atoms with E-state index in [1.165, 1.54) is 37.1 Å². The minimum Gasteiger partial charge on any atom is -0.497 e. The van der Waals surface area contributed by atoms with E-state index >= 15 is 0 Å². The van der Waals surface area contributed by atoms with Crippen molar-refractivity contribution in [2.45, 2.75) is 45.2 Å². The van der Waals surface area contributed by atoms with Crippen molar-refractivity contribution in [2.24, 2.45) is 4.99 Å². The molecule has 1 atom stereocenters. The Kier molecular flexibility index (Phi) is 7.66. The number of thiazole rings is 1. The maximum atomic E-state index is 5.43. The smallest absolute Gasteiger partial charge is 0.190 e. The number of hydrogen-bond donors (Lipinski definition) is 0. The lowest BCUT2D eigenvalue weighted by Gasteiger charge is -2.33. The minimum absolute atomic E-state index is 0.693. The van der Waals surface area contributed by atoms with Crippen molar-refractivity contribution < 1.29 is 9.47 Å². The van der Waals surface area contributed by atoms with Gasteiger partial charge in [-0.25, -0.2) is 4.99 Å². The summed E-state index contributed by atoms with van der Waals surface area (Å²) in [6.07, 6.45) is 5.11. The number of methoxy groups -OCH3 is 2. The van der Waals surface area contributed by atoms with Gasteiger partial charge in [-0.2, -0.15) is 0 Å². The highest BCUT2D eigenvalue weighted by Gasteiger charge is 2.18. The summed E-state index contributed by atoms with van der Waals surface area (Å²) in [6.45, 7) is 5.66. The van der Waals surface area contributed by atoms with Gasteiger partial charge in [-0.15, -0.1) is 11.3 Å². The van der Waals surface area contributed by atoms with Gasteiger partial charge < -0.3 is 18.9 Å². The van der Waals surface area contributed by atoms with Crippen LogP contribution in [0.25, 0.3) is 11.3 Å². The van der Waals surface area contributed by atoms with E-state index in [-0.39, 0.29) is 0 Å². The van der Waals surface area contributed by atoms with E-state index in [1.807, 2.05) is 18.2 Å². The van der Waals surface area contributed by atoms with E-state index in [0.717, 1.165) is 41.5 Å². The summed E-state index contributed by atoms with van der Waals surface area (Å²) >= 11 is 1.68. The number of nitrogens with zero attached hydrogens (tertiary/aromatic N) is 3. The first kappa shape index (κ1) is 22.6. The fourth-order valence-electron chi connectivity index (χ4n) is 4.36. The van der Waals surface area contributed by atoms with Gasteiger partial charge in [0.15, 0.2) is 4.80 Å². The SMILES string of the molecule is COc1cc(N=c2scc(-c3ccccc3)n2CCCN2CCCCC2C)cc(OC)c1. The van der Waals surface area contributed by atoms with Crippen molar-refractivity contribution in [2.75, 3.05) is 27.3 Å². The van der Waals surface area contributed by atoms with Gasteiger partial charge in [-0.3, -0.25) is 0 Å². The van der Waals surface area contributed by atoms with Crippen LogP contribution in [0.5, 0.6) is 11.5 Å². The lowest BCUT2D eigenvalue weighted by molar-refractivity contribution is 0.157. The van der Waals surface area contributed by atoms with Crippen LogP contribution in [-0.4, -0.2) is 42.8 Å². The van der Waals surface area contributed by atoms with E-state index < -0.39 is 0 Å². The topological polar surface area (TPSA) is 39.0 Å². The Hall–Kier alpha value is -2.57. The number of ether oxygens (including phenoxy) is 2. The lowest BCUT2D eigenvalue weighted by atomic mass is 10.0. The number of hydrogen-bond acceptors (Lipinski definition) is 5.